The van der Waals surface area contributed by atoms with E-state index in [1.807, 2.05) is 0 Å². The van der Waals surface area contributed by atoms with Gasteiger partial charge in [-0.2, -0.15) is 0 Å². The standard InChI is InChI=1S/C2H2Br.Zn/c1-2-3;/h1H2;/q-1;. The summed E-state index contributed by atoms with van der Waals surface area (Å²) < 4.78 is 0. The molecule has 0 unspecified atom stereocenters. The van der Waals surface area contributed by atoms with Gasteiger partial charge >= 0.3 is 0 Å². The van der Waals surface area contributed by atoms with Gasteiger partial charge in [-0.25, -0.2) is 0 Å². The van der Waals surface area contributed by atoms with Gasteiger partial charge in [0.15, 0.2) is 0 Å². The van der Waals surface area contributed by atoms with Crippen LogP contribution in [0.5, 0.6) is 0 Å². The van der Waals surface area contributed by atoms with Crippen molar-refractivity contribution in [3.8, 4) is 0 Å². The molecule has 0 bridgehead atoms. The molecule has 0 fully saturated rings. The van der Waals surface area contributed by atoms with Crippen LogP contribution in [0.3, 0.4) is 0 Å². The first-order valence-electron chi connectivity index (χ1n) is 0.543. The van der Waals surface area contributed by atoms with Crippen LogP contribution in [0.4, 0.5) is 0 Å². The second kappa shape index (κ2) is 9.14. The van der Waals surface area contributed by atoms with Crippen molar-refractivity contribution in [3.63, 3.8) is 0 Å². The minimum atomic E-state index is 0. The van der Waals surface area contributed by atoms with E-state index in [9.17, 15) is 0 Å². The molecule has 0 aromatic carbocycles. The number of rotatable bonds is 0. The fourth-order valence-corrected chi connectivity index (χ4v) is 0. The van der Waals surface area contributed by atoms with E-state index in [0.717, 1.165) is 0 Å². The maximum Gasteiger partial charge on any atom is 0 e. The van der Waals surface area contributed by atoms with E-state index in [0.29, 0.717) is 0 Å². The number of hydrogen-bond acceptors (Lipinski definition) is 0. The molecule has 0 aromatic heterocycles. The summed E-state index contributed by atoms with van der Waals surface area (Å²) in [6, 6.07) is 0. The molecule has 0 radical (unpaired) electrons. The first-order valence-corrected chi connectivity index (χ1v) is 1.34. The summed E-state index contributed by atoms with van der Waals surface area (Å²) in [5, 5.41) is 0. The maximum atomic E-state index is 3.15. The van der Waals surface area contributed by atoms with Crippen LogP contribution < -0.4 is 0 Å². The third kappa shape index (κ3) is 13.6. The van der Waals surface area contributed by atoms with Crippen molar-refractivity contribution in [2.75, 3.05) is 0 Å². The summed E-state index contributed by atoms with van der Waals surface area (Å²) in [7, 11) is 0. The van der Waals surface area contributed by atoms with Gasteiger partial charge in [-0.1, -0.05) is 0 Å². The summed E-state index contributed by atoms with van der Waals surface area (Å²) in [4.78, 5) is 2.31. The molecule has 0 aliphatic rings. The molecule has 0 heterocycles. The summed E-state index contributed by atoms with van der Waals surface area (Å²) >= 11 is 2.78. The van der Waals surface area contributed by atoms with Crippen LogP contribution in [0.25, 0.3) is 0 Å². The summed E-state index contributed by atoms with van der Waals surface area (Å²) in [6.07, 6.45) is 0. The Bertz CT molecular complexity index is 13.5. The zero-order chi connectivity index (χ0) is 2.71. The van der Waals surface area contributed by atoms with Gasteiger partial charge in [-0.15, -0.1) is 0 Å². The van der Waals surface area contributed by atoms with Crippen molar-refractivity contribution >= 4 is 15.9 Å². The molecule has 0 atom stereocenters. The maximum absolute atomic E-state index is 3.15. The fourth-order valence-electron chi connectivity index (χ4n) is 0. The Kier molecular flexibility index (Phi) is 20.2. The van der Waals surface area contributed by atoms with Crippen LogP contribution >= 0.6 is 15.9 Å². The SMILES string of the molecule is C=[C-]Br.[Zn]. The van der Waals surface area contributed by atoms with E-state index < -0.39 is 0 Å². The predicted octanol–water partition coefficient (Wildman–Crippen LogP) is 1.33. The van der Waals surface area contributed by atoms with E-state index in [1.54, 1.807) is 0 Å². The zero-order valence-electron chi connectivity index (χ0n) is 2.29. The average Bonchev–Trinajstić information content (AvgIpc) is 0.918. The van der Waals surface area contributed by atoms with Crippen LogP contribution in [0.15, 0.2) is 6.58 Å². The van der Waals surface area contributed by atoms with Gasteiger partial charge in [0, 0.05) is 19.5 Å². The molecule has 0 spiro atoms. The quantitative estimate of drug-likeness (QED) is 0.381. The molecule has 0 N–H and O–H groups in total. The van der Waals surface area contributed by atoms with Crippen molar-refractivity contribution < 1.29 is 19.5 Å². The minimum absolute atomic E-state index is 0. The molecule has 0 aliphatic carbocycles. The summed E-state index contributed by atoms with van der Waals surface area (Å²) in [5.41, 5.74) is 0. The molecule has 0 nitrogen and oxygen atoms in total. The van der Waals surface area contributed by atoms with Crippen molar-refractivity contribution in [2.24, 2.45) is 0 Å². The summed E-state index contributed by atoms with van der Waals surface area (Å²) in [6.45, 7) is 3.15. The fraction of sp³-hybridized carbons (Fsp3) is 0. The zero-order valence-corrected chi connectivity index (χ0v) is 6.85. The Labute approximate surface area is 47.2 Å². The smallest absolute Gasteiger partial charge is 0 e. The Morgan fingerprint density at radius 3 is 1.75 bits per heavy atom. The summed E-state index contributed by atoms with van der Waals surface area (Å²) in [5.74, 6) is 0. The Balaban J connectivity index is 0. The van der Waals surface area contributed by atoms with E-state index in [1.165, 1.54) is 0 Å². The molecule has 2 heteroatoms. The van der Waals surface area contributed by atoms with E-state index >= 15 is 0 Å². The Morgan fingerprint density at radius 2 is 1.75 bits per heavy atom. The topological polar surface area (TPSA) is 0 Å². The van der Waals surface area contributed by atoms with E-state index in [2.05, 4.69) is 27.5 Å². The molecular formula is C2H2BrZn-. The van der Waals surface area contributed by atoms with Gasteiger partial charge in [-0.05, 0) is 0 Å². The van der Waals surface area contributed by atoms with Crippen LogP contribution in [0, 0.1) is 4.99 Å². The van der Waals surface area contributed by atoms with Crippen LogP contribution in [-0.2, 0) is 19.5 Å². The largest absolute Gasteiger partial charge is 0.430 e. The van der Waals surface area contributed by atoms with Gasteiger partial charge in [0.05, 0.1) is 0 Å². The van der Waals surface area contributed by atoms with Crippen LogP contribution in [-0.4, -0.2) is 0 Å². The number of hydrogen-bond donors (Lipinski definition) is 0. The molecule has 0 amide bonds. The van der Waals surface area contributed by atoms with Crippen molar-refractivity contribution in [1.29, 1.82) is 0 Å². The molecular weight excluding hydrogens is 169 g/mol. The van der Waals surface area contributed by atoms with Gasteiger partial charge in [0.25, 0.3) is 0 Å². The van der Waals surface area contributed by atoms with Crippen molar-refractivity contribution in [1.82, 2.24) is 0 Å². The van der Waals surface area contributed by atoms with Gasteiger partial charge < -0.3 is 20.9 Å². The molecule has 0 aliphatic heterocycles. The molecule has 0 aromatic rings. The molecule has 0 saturated carbocycles. The van der Waals surface area contributed by atoms with Gasteiger partial charge in [0.2, 0.25) is 0 Å². The van der Waals surface area contributed by atoms with Crippen molar-refractivity contribution in [2.45, 2.75) is 0 Å². The third-order valence-corrected chi connectivity index (χ3v) is 0. The molecule has 0 rings (SSSR count). The monoisotopic (exact) mass is 169 g/mol. The first-order chi connectivity index (χ1) is 1.41. The van der Waals surface area contributed by atoms with Crippen molar-refractivity contribution in [3.05, 3.63) is 11.6 Å². The van der Waals surface area contributed by atoms with E-state index in [-0.39, 0.29) is 19.5 Å². The minimum Gasteiger partial charge on any atom is -0.430 e. The normalized spacial score (nSPS) is 3.25. The van der Waals surface area contributed by atoms with E-state index in [4.69, 9.17) is 0 Å². The third-order valence-electron chi connectivity index (χ3n) is 0. The van der Waals surface area contributed by atoms with Gasteiger partial charge in [0.1, 0.15) is 0 Å². The number of halogens is 1. The first kappa shape index (κ1) is 8.85. The molecule has 4 heavy (non-hydrogen) atoms. The van der Waals surface area contributed by atoms with Gasteiger partial charge in [-0.3, -0.25) is 6.58 Å². The van der Waals surface area contributed by atoms with Crippen LogP contribution in [0.1, 0.15) is 0 Å². The average molecular weight is 171 g/mol. The second-order valence-corrected chi connectivity index (χ2v) is 0.694. The van der Waals surface area contributed by atoms with Crippen LogP contribution in [0.2, 0.25) is 0 Å². The second-order valence-electron chi connectivity index (χ2n) is 0.134. The predicted molar refractivity (Wildman–Crippen MR) is 17.8 cm³/mol. The molecule has 0 saturated heterocycles. The molecule has 20 valence electrons. The Morgan fingerprint density at radius 1 is 1.75 bits per heavy atom. The Hall–Kier alpha value is 0.843.